The van der Waals surface area contributed by atoms with Crippen LogP contribution in [0.3, 0.4) is 0 Å². The first-order valence-corrected chi connectivity index (χ1v) is 8.02. The molecule has 0 bridgehead atoms. The topological polar surface area (TPSA) is 76.3 Å². The zero-order valence-electron chi connectivity index (χ0n) is 14.3. The Morgan fingerprint density at radius 3 is 2.46 bits per heavy atom. The van der Waals surface area contributed by atoms with E-state index in [4.69, 9.17) is 0 Å². The van der Waals surface area contributed by atoms with E-state index in [2.05, 4.69) is 15.1 Å². The van der Waals surface area contributed by atoms with Crippen LogP contribution >= 0.6 is 0 Å². The number of likely N-dealkylation sites (N-methyl/N-ethyl adjacent to an activating group) is 1. The first-order chi connectivity index (χ1) is 11.4. The van der Waals surface area contributed by atoms with Crippen molar-refractivity contribution in [3.8, 4) is 5.82 Å². The number of amides is 1. The van der Waals surface area contributed by atoms with Gasteiger partial charge in [0.1, 0.15) is 6.54 Å². The summed E-state index contributed by atoms with van der Waals surface area (Å²) >= 11 is 0. The summed E-state index contributed by atoms with van der Waals surface area (Å²) in [6.45, 7) is 6.83. The van der Waals surface area contributed by atoms with Crippen LogP contribution in [0.25, 0.3) is 5.82 Å². The number of nitrogens with zero attached hydrogens (tertiary/aromatic N) is 6. The summed E-state index contributed by atoms with van der Waals surface area (Å²) in [6.07, 6.45) is 0. The van der Waals surface area contributed by atoms with Gasteiger partial charge in [0.2, 0.25) is 5.91 Å². The summed E-state index contributed by atoms with van der Waals surface area (Å²) in [5, 5.41) is 8.68. The van der Waals surface area contributed by atoms with Crippen LogP contribution in [0.4, 0.5) is 0 Å². The van der Waals surface area contributed by atoms with Gasteiger partial charge < -0.3 is 9.80 Å². The van der Waals surface area contributed by atoms with Crippen LogP contribution in [0.5, 0.6) is 0 Å². The van der Waals surface area contributed by atoms with E-state index >= 15 is 0 Å². The van der Waals surface area contributed by atoms with E-state index in [0.29, 0.717) is 18.9 Å². The Kier molecular flexibility index (Phi) is 4.48. The molecule has 1 saturated heterocycles. The molecule has 2 aromatic rings. The van der Waals surface area contributed by atoms with Gasteiger partial charge >= 0.3 is 0 Å². The number of hydrogen-bond acceptors (Lipinski definition) is 5. The monoisotopic (exact) mass is 330 g/mol. The molecule has 0 saturated carbocycles. The van der Waals surface area contributed by atoms with Gasteiger partial charge in [0, 0.05) is 37.9 Å². The minimum absolute atomic E-state index is 0.0459. The van der Waals surface area contributed by atoms with Crippen molar-refractivity contribution >= 4 is 5.91 Å². The first kappa shape index (κ1) is 16.4. The maximum atomic E-state index is 12.4. The van der Waals surface area contributed by atoms with Gasteiger partial charge in [-0.2, -0.15) is 5.10 Å². The van der Waals surface area contributed by atoms with E-state index in [1.165, 1.54) is 10.7 Å². The molecule has 0 atom stereocenters. The molecule has 3 rings (SSSR count). The molecule has 1 aliphatic heterocycles. The number of aromatic nitrogens is 4. The Balaban J connectivity index is 1.81. The van der Waals surface area contributed by atoms with Gasteiger partial charge in [-0.05, 0) is 33.0 Å². The van der Waals surface area contributed by atoms with Crippen molar-refractivity contribution in [3.63, 3.8) is 0 Å². The van der Waals surface area contributed by atoms with Gasteiger partial charge in [-0.3, -0.25) is 9.59 Å². The molecule has 0 aromatic carbocycles. The van der Waals surface area contributed by atoms with Crippen molar-refractivity contribution in [1.82, 2.24) is 29.4 Å². The number of rotatable bonds is 3. The fourth-order valence-electron chi connectivity index (χ4n) is 2.81. The third-order valence-electron chi connectivity index (χ3n) is 4.22. The summed E-state index contributed by atoms with van der Waals surface area (Å²) in [6, 6.07) is 4.99. The maximum absolute atomic E-state index is 12.4. The van der Waals surface area contributed by atoms with Crippen LogP contribution in [-0.2, 0) is 11.3 Å². The smallest absolute Gasteiger partial charge is 0.267 e. The molecular formula is C16H22N6O2. The van der Waals surface area contributed by atoms with E-state index in [1.807, 2.05) is 27.0 Å². The maximum Gasteiger partial charge on any atom is 0.267 e. The molecule has 0 N–H and O–H groups in total. The third kappa shape index (κ3) is 3.38. The van der Waals surface area contributed by atoms with E-state index in [1.54, 1.807) is 15.6 Å². The molecular weight excluding hydrogens is 308 g/mol. The van der Waals surface area contributed by atoms with Crippen molar-refractivity contribution in [2.24, 2.45) is 0 Å². The standard InChI is InChI=1S/C16H22N6O2/c1-12-10-13(2)22(17-12)14-4-5-15(23)21(18-14)11-16(24)20-8-6-19(3)7-9-20/h4-5,10H,6-9,11H2,1-3H3. The van der Waals surface area contributed by atoms with Crippen LogP contribution in [0.1, 0.15) is 11.4 Å². The molecule has 0 spiro atoms. The molecule has 0 unspecified atom stereocenters. The lowest BCUT2D eigenvalue weighted by Gasteiger charge is -2.32. The highest BCUT2D eigenvalue weighted by Crippen LogP contribution is 2.08. The van der Waals surface area contributed by atoms with Crippen molar-refractivity contribution in [3.05, 3.63) is 39.9 Å². The number of piperazine rings is 1. The molecule has 0 radical (unpaired) electrons. The van der Waals surface area contributed by atoms with Crippen LogP contribution in [0.15, 0.2) is 23.0 Å². The number of carbonyl (C=O) groups excluding carboxylic acids is 1. The van der Waals surface area contributed by atoms with Crippen LogP contribution in [0, 0.1) is 13.8 Å². The quantitative estimate of drug-likeness (QED) is 0.780. The summed E-state index contributed by atoms with van der Waals surface area (Å²) in [4.78, 5) is 28.4. The van der Waals surface area contributed by atoms with E-state index in [0.717, 1.165) is 24.5 Å². The summed E-state index contributed by atoms with van der Waals surface area (Å²) < 4.78 is 2.89. The summed E-state index contributed by atoms with van der Waals surface area (Å²) in [7, 11) is 2.03. The van der Waals surface area contributed by atoms with E-state index < -0.39 is 0 Å². The van der Waals surface area contributed by atoms with Gasteiger partial charge in [-0.1, -0.05) is 0 Å². The molecule has 1 amide bonds. The van der Waals surface area contributed by atoms with Crippen molar-refractivity contribution in [2.45, 2.75) is 20.4 Å². The lowest BCUT2D eigenvalue weighted by Crippen LogP contribution is -2.48. The van der Waals surface area contributed by atoms with Crippen LogP contribution in [0.2, 0.25) is 0 Å². The second kappa shape index (κ2) is 6.56. The van der Waals surface area contributed by atoms with Crippen LogP contribution < -0.4 is 5.56 Å². The first-order valence-electron chi connectivity index (χ1n) is 8.02. The SMILES string of the molecule is Cc1cc(C)n(-c2ccc(=O)n(CC(=O)N3CCN(C)CC3)n2)n1. The number of hydrogen-bond donors (Lipinski definition) is 0. The molecule has 1 fully saturated rings. The highest BCUT2D eigenvalue weighted by molar-refractivity contribution is 5.76. The predicted octanol–water partition coefficient (Wildman–Crippen LogP) is -0.180. The van der Waals surface area contributed by atoms with E-state index in [9.17, 15) is 9.59 Å². The highest BCUT2D eigenvalue weighted by atomic mass is 16.2. The van der Waals surface area contributed by atoms with Gasteiger partial charge in [-0.25, -0.2) is 9.36 Å². The average molecular weight is 330 g/mol. The Morgan fingerprint density at radius 2 is 1.83 bits per heavy atom. The fraction of sp³-hybridized carbons (Fsp3) is 0.500. The molecule has 8 nitrogen and oxygen atoms in total. The van der Waals surface area contributed by atoms with Gasteiger partial charge in [0.05, 0.1) is 5.69 Å². The normalized spacial score (nSPS) is 15.7. The zero-order chi connectivity index (χ0) is 17.3. The highest BCUT2D eigenvalue weighted by Gasteiger charge is 2.20. The lowest BCUT2D eigenvalue weighted by molar-refractivity contribution is -0.133. The minimum atomic E-state index is -0.289. The average Bonchev–Trinajstić information content (AvgIpc) is 2.88. The molecule has 24 heavy (non-hydrogen) atoms. The Bertz CT molecular complexity index is 801. The number of aryl methyl sites for hydroxylation is 2. The molecule has 8 heteroatoms. The lowest BCUT2D eigenvalue weighted by atomic mass is 10.3. The molecule has 128 valence electrons. The molecule has 0 aliphatic carbocycles. The largest absolute Gasteiger partial charge is 0.339 e. The van der Waals surface area contributed by atoms with Gasteiger partial charge in [0.15, 0.2) is 5.82 Å². The number of carbonyl (C=O) groups is 1. The Labute approximate surface area is 140 Å². The van der Waals surface area contributed by atoms with Gasteiger partial charge in [-0.15, -0.1) is 5.10 Å². The summed E-state index contributed by atoms with van der Waals surface area (Å²) in [5.74, 6) is 0.453. The minimum Gasteiger partial charge on any atom is -0.339 e. The molecule has 2 aromatic heterocycles. The van der Waals surface area contributed by atoms with Crippen LogP contribution in [-0.4, -0.2) is 68.5 Å². The Morgan fingerprint density at radius 1 is 1.12 bits per heavy atom. The van der Waals surface area contributed by atoms with Gasteiger partial charge in [0.25, 0.3) is 5.56 Å². The van der Waals surface area contributed by atoms with Crippen molar-refractivity contribution in [1.29, 1.82) is 0 Å². The second-order valence-electron chi connectivity index (χ2n) is 6.21. The second-order valence-corrected chi connectivity index (χ2v) is 6.21. The zero-order valence-corrected chi connectivity index (χ0v) is 14.3. The predicted molar refractivity (Wildman–Crippen MR) is 89.2 cm³/mol. The van der Waals surface area contributed by atoms with Crippen molar-refractivity contribution < 1.29 is 4.79 Å². The Hall–Kier alpha value is -2.48. The molecule has 1 aliphatic rings. The molecule has 3 heterocycles. The van der Waals surface area contributed by atoms with E-state index in [-0.39, 0.29) is 18.0 Å². The fourth-order valence-corrected chi connectivity index (χ4v) is 2.81. The summed E-state index contributed by atoms with van der Waals surface area (Å²) in [5.41, 5.74) is 1.51. The van der Waals surface area contributed by atoms with Crippen molar-refractivity contribution in [2.75, 3.05) is 33.2 Å². The third-order valence-corrected chi connectivity index (χ3v) is 4.22.